The Morgan fingerprint density at radius 3 is 2.31 bits per heavy atom. The van der Waals surface area contributed by atoms with Crippen LogP contribution in [-0.2, 0) is 12.6 Å². The van der Waals surface area contributed by atoms with Crippen molar-refractivity contribution in [2.45, 2.75) is 26.4 Å². The molecular formula is C29H26F3N2O5-. The number of aromatic nitrogens is 1. The highest BCUT2D eigenvalue weighted by Crippen LogP contribution is 2.39. The number of pyridine rings is 1. The number of fused-ring (bicyclic) bond motifs is 1. The first kappa shape index (κ1) is 27.6. The van der Waals surface area contributed by atoms with Crippen molar-refractivity contribution in [3.8, 4) is 23.0 Å². The number of carboxylic acid groups (broad SMARTS) is 1. The van der Waals surface area contributed by atoms with Gasteiger partial charge in [0.15, 0.2) is 11.5 Å². The normalized spacial score (nSPS) is 11.4. The van der Waals surface area contributed by atoms with Crippen LogP contribution in [0.2, 0.25) is 0 Å². The van der Waals surface area contributed by atoms with E-state index in [2.05, 4.69) is 4.98 Å². The molecule has 4 rings (SSSR count). The van der Waals surface area contributed by atoms with E-state index in [0.29, 0.717) is 56.3 Å². The second-order valence-corrected chi connectivity index (χ2v) is 8.83. The van der Waals surface area contributed by atoms with Crippen molar-refractivity contribution in [1.82, 2.24) is 4.98 Å². The number of hydrogen-bond acceptors (Lipinski definition) is 6. The quantitative estimate of drug-likeness (QED) is 0.270. The molecule has 0 aliphatic carbocycles. The van der Waals surface area contributed by atoms with Gasteiger partial charge in [-0.25, -0.2) is 0 Å². The van der Waals surface area contributed by atoms with E-state index in [4.69, 9.17) is 14.2 Å². The molecule has 1 heterocycles. The van der Waals surface area contributed by atoms with Crippen LogP contribution < -0.4 is 24.2 Å². The average Bonchev–Trinajstić information content (AvgIpc) is 2.91. The molecule has 0 N–H and O–H groups in total. The fourth-order valence-electron chi connectivity index (χ4n) is 4.29. The lowest BCUT2D eigenvalue weighted by Gasteiger charge is -2.28. The number of carbonyl (C=O) groups excluding carboxylic acids is 1. The highest BCUT2D eigenvalue weighted by Gasteiger charge is 2.30. The standard InChI is InChI=1S/C29H27F3N2O5/c1-17-18(2)24(39-25-10-12-33-22-16-27(38-4)26(37-3)15-21(22)25)9-8-23(17)34(28(35)36)13-11-19-6-5-7-20(14-19)29(30,31)32/h5-10,12,14-16H,11,13H2,1-4H3,(H,35,36)/p-1. The number of benzene rings is 3. The number of ether oxygens (including phenoxy) is 3. The maximum absolute atomic E-state index is 13.1. The molecule has 204 valence electrons. The van der Waals surface area contributed by atoms with Crippen LogP contribution >= 0.6 is 0 Å². The molecule has 4 aromatic rings. The Kier molecular flexibility index (Phi) is 7.85. The zero-order chi connectivity index (χ0) is 28.3. The topological polar surface area (TPSA) is 84.0 Å². The fourth-order valence-corrected chi connectivity index (χ4v) is 4.29. The van der Waals surface area contributed by atoms with Gasteiger partial charge in [-0.1, -0.05) is 18.2 Å². The van der Waals surface area contributed by atoms with E-state index in [1.54, 1.807) is 50.4 Å². The lowest BCUT2D eigenvalue weighted by atomic mass is 10.0. The molecule has 0 aliphatic rings. The second-order valence-electron chi connectivity index (χ2n) is 8.83. The number of hydrogen-bond donors (Lipinski definition) is 0. The number of alkyl halides is 3. The maximum Gasteiger partial charge on any atom is 0.416 e. The van der Waals surface area contributed by atoms with E-state index in [1.165, 1.54) is 26.4 Å². The van der Waals surface area contributed by atoms with Crippen LogP contribution in [0.5, 0.6) is 23.0 Å². The summed E-state index contributed by atoms with van der Waals surface area (Å²) < 4.78 is 56.2. The molecular weight excluding hydrogens is 513 g/mol. The van der Waals surface area contributed by atoms with Crippen LogP contribution in [0, 0.1) is 13.8 Å². The van der Waals surface area contributed by atoms with Crippen molar-refractivity contribution in [3.05, 3.63) is 83.0 Å². The van der Waals surface area contributed by atoms with E-state index < -0.39 is 17.8 Å². The Bertz CT molecular complexity index is 1520. The van der Waals surface area contributed by atoms with Gasteiger partial charge in [-0.05, 0) is 67.3 Å². The number of carbonyl (C=O) groups is 1. The first-order chi connectivity index (χ1) is 18.5. The van der Waals surface area contributed by atoms with Crippen LogP contribution in [0.15, 0.2) is 60.8 Å². The zero-order valence-corrected chi connectivity index (χ0v) is 21.8. The highest BCUT2D eigenvalue weighted by molar-refractivity contribution is 5.89. The van der Waals surface area contributed by atoms with Crippen molar-refractivity contribution in [1.29, 1.82) is 0 Å². The smallest absolute Gasteiger partial charge is 0.416 e. The number of halogens is 3. The third kappa shape index (κ3) is 5.84. The summed E-state index contributed by atoms with van der Waals surface area (Å²) in [6.07, 6.45) is -4.26. The molecule has 0 saturated carbocycles. The molecule has 0 saturated heterocycles. The Morgan fingerprint density at radius 1 is 0.923 bits per heavy atom. The number of methoxy groups -OCH3 is 2. The monoisotopic (exact) mass is 539 g/mol. The zero-order valence-electron chi connectivity index (χ0n) is 21.8. The van der Waals surface area contributed by atoms with E-state index in [9.17, 15) is 23.1 Å². The van der Waals surface area contributed by atoms with Crippen LogP contribution in [0.25, 0.3) is 10.9 Å². The van der Waals surface area contributed by atoms with Gasteiger partial charge in [0.2, 0.25) is 0 Å². The van der Waals surface area contributed by atoms with Gasteiger partial charge in [0, 0.05) is 29.9 Å². The predicted molar refractivity (Wildman–Crippen MR) is 139 cm³/mol. The number of nitrogens with zero attached hydrogens (tertiary/aromatic N) is 2. The molecule has 7 nitrogen and oxygen atoms in total. The molecule has 0 spiro atoms. The molecule has 0 aliphatic heterocycles. The van der Waals surface area contributed by atoms with Gasteiger partial charge in [-0.3, -0.25) is 4.98 Å². The Labute approximate surface area is 223 Å². The third-order valence-corrected chi connectivity index (χ3v) is 6.53. The van der Waals surface area contributed by atoms with Crippen molar-refractivity contribution in [2.24, 2.45) is 0 Å². The Morgan fingerprint density at radius 2 is 1.64 bits per heavy atom. The molecule has 0 unspecified atom stereocenters. The minimum Gasteiger partial charge on any atom is -0.530 e. The lowest BCUT2D eigenvalue weighted by molar-refractivity contribution is -0.246. The summed E-state index contributed by atoms with van der Waals surface area (Å²) in [6.45, 7) is 3.46. The van der Waals surface area contributed by atoms with E-state index >= 15 is 0 Å². The molecule has 0 radical (unpaired) electrons. The first-order valence-corrected chi connectivity index (χ1v) is 12.0. The first-order valence-electron chi connectivity index (χ1n) is 12.0. The number of amides is 1. The van der Waals surface area contributed by atoms with Gasteiger partial charge >= 0.3 is 6.18 Å². The van der Waals surface area contributed by atoms with Gasteiger partial charge in [-0.2, -0.15) is 13.2 Å². The van der Waals surface area contributed by atoms with Gasteiger partial charge in [0.1, 0.15) is 17.6 Å². The highest BCUT2D eigenvalue weighted by atomic mass is 19.4. The lowest BCUT2D eigenvalue weighted by Crippen LogP contribution is -2.43. The van der Waals surface area contributed by atoms with Gasteiger partial charge in [-0.15, -0.1) is 0 Å². The summed E-state index contributed by atoms with van der Waals surface area (Å²) in [5.74, 6) is 2.04. The maximum atomic E-state index is 13.1. The van der Waals surface area contributed by atoms with Crippen LogP contribution in [-0.4, -0.2) is 31.8 Å². The molecule has 10 heteroatoms. The van der Waals surface area contributed by atoms with Crippen molar-refractivity contribution >= 4 is 22.7 Å². The predicted octanol–water partition coefficient (Wildman–Crippen LogP) is 6.07. The van der Waals surface area contributed by atoms with Gasteiger partial charge in [0.25, 0.3) is 0 Å². The fraction of sp³-hybridized carbons (Fsp3) is 0.241. The summed E-state index contributed by atoms with van der Waals surface area (Å²) in [7, 11) is 3.07. The average molecular weight is 540 g/mol. The van der Waals surface area contributed by atoms with Crippen molar-refractivity contribution < 1.29 is 37.3 Å². The van der Waals surface area contributed by atoms with Crippen molar-refractivity contribution in [3.63, 3.8) is 0 Å². The molecule has 0 fully saturated rings. The van der Waals surface area contributed by atoms with Crippen LogP contribution in [0.1, 0.15) is 22.3 Å². The molecule has 0 bridgehead atoms. The summed E-state index contributed by atoms with van der Waals surface area (Å²) in [6, 6.07) is 13.3. The molecule has 1 aromatic heterocycles. The van der Waals surface area contributed by atoms with E-state index in [1.807, 2.05) is 0 Å². The third-order valence-electron chi connectivity index (χ3n) is 6.53. The Hall–Kier alpha value is -4.47. The van der Waals surface area contributed by atoms with Crippen molar-refractivity contribution in [2.75, 3.05) is 25.7 Å². The Balaban J connectivity index is 1.61. The molecule has 0 atom stereocenters. The molecule has 3 aromatic carbocycles. The summed E-state index contributed by atoms with van der Waals surface area (Å²) in [5.41, 5.74) is 1.88. The van der Waals surface area contributed by atoms with Gasteiger partial charge < -0.3 is 29.0 Å². The number of anilines is 1. The summed E-state index contributed by atoms with van der Waals surface area (Å²) in [4.78, 5) is 17.4. The minimum atomic E-state index is -4.48. The molecule has 39 heavy (non-hydrogen) atoms. The van der Waals surface area contributed by atoms with E-state index in [-0.39, 0.29) is 13.0 Å². The number of rotatable bonds is 8. The van der Waals surface area contributed by atoms with Crippen LogP contribution in [0.4, 0.5) is 23.7 Å². The van der Waals surface area contributed by atoms with Crippen LogP contribution in [0.3, 0.4) is 0 Å². The minimum absolute atomic E-state index is 0.0724. The van der Waals surface area contributed by atoms with Gasteiger partial charge in [0.05, 0.1) is 25.3 Å². The van der Waals surface area contributed by atoms with E-state index in [0.717, 1.165) is 17.0 Å². The largest absolute Gasteiger partial charge is 0.530 e. The second kappa shape index (κ2) is 11.1. The molecule has 1 amide bonds. The summed E-state index contributed by atoms with van der Waals surface area (Å²) in [5, 5.41) is 12.7. The summed E-state index contributed by atoms with van der Waals surface area (Å²) >= 11 is 0. The SMILES string of the molecule is COc1cc2nccc(Oc3ccc(N(CCc4cccc(C(F)(F)F)c4)C(=O)[O-])c(C)c3C)c2cc1OC.